The van der Waals surface area contributed by atoms with E-state index in [1.165, 1.54) is 4.31 Å². The molecule has 6 heteroatoms. The molecule has 0 unspecified atom stereocenters. The molecule has 1 aliphatic heterocycles. The van der Waals surface area contributed by atoms with Gasteiger partial charge in [-0.3, -0.25) is 4.31 Å². The van der Waals surface area contributed by atoms with Gasteiger partial charge < -0.3 is 0 Å². The van der Waals surface area contributed by atoms with E-state index < -0.39 is 27.4 Å². The van der Waals surface area contributed by atoms with Gasteiger partial charge in [0.05, 0.1) is 22.7 Å². The van der Waals surface area contributed by atoms with E-state index in [0.717, 1.165) is 11.1 Å². The molecule has 1 heterocycles. The van der Waals surface area contributed by atoms with Gasteiger partial charge in [-0.05, 0) is 43.2 Å². The van der Waals surface area contributed by atoms with Crippen LogP contribution in [0.1, 0.15) is 34.2 Å². The van der Waals surface area contributed by atoms with Gasteiger partial charge >= 0.3 is 0 Å². The molecule has 3 aromatic rings. The molecule has 0 bridgehead atoms. The fourth-order valence-corrected chi connectivity index (χ4v) is 6.29. The summed E-state index contributed by atoms with van der Waals surface area (Å²) in [6.45, 7) is 7.69. The van der Waals surface area contributed by atoms with Crippen molar-refractivity contribution in [3.8, 4) is 12.1 Å². The summed E-state index contributed by atoms with van der Waals surface area (Å²) in [5, 5.41) is 20.8. The molecular weight excluding hydrogens is 430 g/mol. The summed E-state index contributed by atoms with van der Waals surface area (Å²) in [5.74, 6) is -0.683. The van der Waals surface area contributed by atoms with Crippen LogP contribution in [0.3, 0.4) is 0 Å². The van der Waals surface area contributed by atoms with Crippen molar-refractivity contribution in [3.63, 3.8) is 0 Å². The monoisotopic (exact) mass is 453 g/mol. The van der Waals surface area contributed by atoms with Gasteiger partial charge in [0.2, 0.25) is 0 Å². The molecule has 0 saturated carbocycles. The molecule has 0 amide bonds. The van der Waals surface area contributed by atoms with Gasteiger partial charge in [-0.1, -0.05) is 71.8 Å². The van der Waals surface area contributed by atoms with E-state index in [1.54, 1.807) is 60.7 Å². The van der Waals surface area contributed by atoms with E-state index in [-0.39, 0.29) is 4.90 Å². The Morgan fingerprint density at radius 2 is 1.55 bits per heavy atom. The van der Waals surface area contributed by atoms with Gasteiger partial charge in [0.15, 0.2) is 5.41 Å². The van der Waals surface area contributed by atoms with Crippen LogP contribution in [-0.4, -0.2) is 8.42 Å². The Morgan fingerprint density at radius 3 is 2.12 bits per heavy atom. The third-order valence-electron chi connectivity index (χ3n) is 6.21. The molecule has 2 atom stereocenters. The van der Waals surface area contributed by atoms with Gasteiger partial charge in [0, 0.05) is 5.92 Å². The molecule has 33 heavy (non-hydrogen) atoms. The van der Waals surface area contributed by atoms with Crippen molar-refractivity contribution >= 4 is 15.7 Å². The first kappa shape index (κ1) is 22.3. The third kappa shape index (κ3) is 3.40. The maximum atomic E-state index is 14.1. The Labute approximate surface area is 194 Å². The average Bonchev–Trinajstić information content (AvgIpc) is 2.83. The van der Waals surface area contributed by atoms with Gasteiger partial charge in [-0.15, -0.1) is 6.58 Å². The van der Waals surface area contributed by atoms with Crippen LogP contribution in [0.5, 0.6) is 0 Å². The van der Waals surface area contributed by atoms with E-state index in [9.17, 15) is 18.9 Å². The second-order valence-electron chi connectivity index (χ2n) is 8.30. The number of nitriles is 2. The lowest BCUT2D eigenvalue weighted by Crippen LogP contribution is -2.50. The lowest BCUT2D eigenvalue weighted by molar-refractivity contribution is 0.361. The minimum absolute atomic E-state index is 0.0994. The summed E-state index contributed by atoms with van der Waals surface area (Å²) >= 11 is 0. The predicted molar refractivity (Wildman–Crippen MR) is 128 cm³/mol. The number of nitrogens with zero attached hydrogens (tertiary/aromatic N) is 3. The number of benzene rings is 3. The summed E-state index contributed by atoms with van der Waals surface area (Å²) in [7, 11) is -4.13. The van der Waals surface area contributed by atoms with E-state index in [2.05, 4.69) is 18.7 Å². The van der Waals surface area contributed by atoms with Crippen LogP contribution >= 0.6 is 0 Å². The van der Waals surface area contributed by atoms with E-state index in [1.807, 2.05) is 32.0 Å². The quantitative estimate of drug-likeness (QED) is 0.484. The van der Waals surface area contributed by atoms with Crippen LogP contribution in [0.15, 0.2) is 90.3 Å². The molecule has 0 saturated heterocycles. The number of fused-ring (bicyclic) bond motifs is 1. The average molecular weight is 454 g/mol. The molecule has 0 spiro atoms. The van der Waals surface area contributed by atoms with Gasteiger partial charge in [0.1, 0.15) is 6.04 Å². The molecule has 5 nitrogen and oxygen atoms in total. The van der Waals surface area contributed by atoms with Crippen LogP contribution in [0.25, 0.3) is 0 Å². The van der Waals surface area contributed by atoms with E-state index in [0.29, 0.717) is 16.8 Å². The molecule has 4 rings (SSSR count). The Morgan fingerprint density at radius 1 is 0.939 bits per heavy atom. The Balaban J connectivity index is 2.13. The fourth-order valence-electron chi connectivity index (χ4n) is 4.59. The van der Waals surface area contributed by atoms with Crippen molar-refractivity contribution in [1.82, 2.24) is 0 Å². The van der Waals surface area contributed by atoms with Crippen molar-refractivity contribution in [1.29, 1.82) is 10.5 Å². The predicted octanol–water partition coefficient (Wildman–Crippen LogP) is 5.56. The Bertz CT molecular complexity index is 1380. The smallest absolute Gasteiger partial charge is 0.256 e. The summed E-state index contributed by atoms with van der Waals surface area (Å²) in [6, 6.07) is 24.2. The zero-order chi connectivity index (χ0) is 23.8. The van der Waals surface area contributed by atoms with Gasteiger partial charge in [-0.25, -0.2) is 8.42 Å². The SMILES string of the molecule is C=C[C@@H]1c2cc(C)ccc2N(S(=O)(=O)c2ccc(C)cc2)[C@H](c2ccccc2)C1(C#N)C#N. The highest BCUT2D eigenvalue weighted by Gasteiger charge is 2.57. The van der Waals surface area contributed by atoms with Crippen molar-refractivity contribution < 1.29 is 8.42 Å². The Kier molecular flexibility index (Phi) is 5.57. The highest BCUT2D eigenvalue weighted by Crippen LogP contribution is 2.57. The van der Waals surface area contributed by atoms with Gasteiger partial charge in [-0.2, -0.15) is 10.5 Å². The maximum Gasteiger partial charge on any atom is 0.264 e. The molecular formula is C27H23N3O2S. The first-order valence-electron chi connectivity index (χ1n) is 10.5. The topological polar surface area (TPSA) is 85.0 Å². The van der Waals surface area contributed by atoms with Crippen LogP contribution < -0.4 is 4.31 Å². The lowest BCUT2D eigenvalue weighted by atomic mass is 9.64. The van der Waals surface area contributed by atoms with Crippen LogP contribution in [-0.2, 0) is 10.0 Å². The van der Waals surface area contributed by atoms with Gasteiger partial charge in [0.25, 0.3) is 10.0 Å². The molecule has 0 N–H and O–H groups in total. The summed E-state index contributed by atoms with van der Waals surface area (Å²) < 4.78 is 29.5. The number of aryl methyl sites for hydroxylation is 2. The molecule has 3 aromatic carbocycles. The van der Waals surface area contributed by atoms with Crippen molar-refractivity contribution in [3.05, 3.63) is 108 Å². The minimum atomic E-state index is -4.13. The normalized spacial score (nSPS) is 19.1. The highest BCUT2D eigenvalue weighted by molar-refractivity contribution is 7.92. The summed E-state index contributed by atoms with van der Waals surface area (Å²) in [5.41, 5.74) is 1.71. The largest absolute Gasteiger partial charge is 0.264 e. The summed E-state index contributed by atoms with van der Waals surface area (Å²) in [6.07, 6.45) is 1.58. The Hall–Kier alpha value is -3.87. The zero-order valence-electron chi connectivity index (χ0n) is 18.4. The second kappa shape index (κ2) is 8.24. The third-order valence-corrected chi connectivity index (χ3v) is 8.00. The molecule has 1 aliphatic rings. The van der Waals surface area contributed by atoms with Crippen LogP contribution in [0.2, 0.25) is 0 Å². The van der Waals surface area contributed by atoms with Crippen molar-refractivity contribution in [2.75, 3.05) is 4.31 Å². The van der Waals surface area contributed by atoms with Crippen molar-refractivity contribution in [2.24, 2.45) is 5.41 Å². The number of anilines is 1. The van der Waals surface area contributed by atoms with Crippen LogP contribution in [0.4, 0.5) is 5.69 Å². The van der Waals surface area contributed by atoms with E-state index >= 15 is 0 Å². The maximum absolute atomic E-state index is 14.1. The van der Waals surface area contributed by atoms with E-state index in [4.69, 9.17) is 0 Å². The molecule has 0 radical (unpaired) electrons. The standard InChI is InChI=1S/C27H23N3O2S/c1-4-24-23-16-20(3)12-15-25(23)30(33(31,32)22-13-10-19(2)11-14-22)26(27(24,17-28)18-29)21-8-6-5-7-9-21/h4-16,24,26H,1H2,2-3H3/t24-,26-/m1/s1. The lowest BCUT2D eigenvalue weighted by Gasteiger charge is -2.47. The molecule has 0 aliphatic carbocycles. The minimum Gasteiger partial charge on any atom is -0.256 e. The fraction of sp³-hybridized carbons (Fsp3) is 0.185. The first-order chi connectivity index (χ1) is 15.8. The number of hydrogen-bond acceptors (Lipinski definition) is 4. The highest BCUT2D eigenvalue weighted by atomic mass is 32.2. The summed E-state index contributed by atoms with van der Waals surface area (Å²) in [4.78, 5) is 0.0994. The molecule has 0 fully saturated rings. The van der Waals surface area contributed by atoms with Crippen LogP contribution in [0, 0.1) is 41.9 Å². The number of sulfonamides is 1. The molecule has 0 aromatic heterocycles. The number of allylic oxidation sites excluding steroid dienone is 1. The zero-order valence-corrected chi connectivity index (χ0v) is 19.3. The number of rotatable bonds is 4. The van der Waals surface area contributed by atoms with Crippen molar-refractivity contribution in [2.45, 2.75) is 30.7 Å². The second-order valence-corrected chi connectivity index (χ2v) is 10.1. The molecule has 164 valence electrons. The number of hydrogen-bond donors (Lipinski definition) is 0. The first-order valence-corrected chi connectivity index (χ1v) is 12.0.